The molecule has 0 saturated carbocycles. The van der Waals surface area contributed by atoms with Crippen molar-refractivity contribution in [2.24, 2.45) is 11.8 Å². The maximum absolute atomic E-state index is 9.12. The minimum absolute atomic E-state index is 0.00750. The zero-order valence-corrected chi connectivity index (χ0v) is 40.5. The summed E-state index contributed by atoms with van der Waals surface area (Å²) >= 11 is -5.16. The van der Waals surface area contributed by atoms with E-state index in [4.69, 9.17) is 17.0 Å². The fourth-order valence-corrected chi connectivity index (χ4v) is 41.6. The minimum atomic E-state index is -5.16. The van der Waals surface area contributed by atoms with Crippen molar-refractivity contribution in [3.05, 3.63) is 178 Å². The molecule has 2 aliphatic carbocycles. The third kappa shape index (κ3) is 6.66. The van der Waals surface area contributed by atoms with Crippen LogP contribution in [0.25, 0.3) is 56.7 Å². The van der Waals surface area contributed by atoms with Gasteiger partial charge in [-0.2, -0.15) is 0 Å². The first-order chi connectivity index (χ1) is 27.9. The number of hydrogen-bond acceptors (Lipinski definition) is 0. The molecule has 58 heavy (non-hydrogen) atoms. The Balaban J connectivity index is 1.45. The number of aryl methyl sites for hydroxylation is 2. The van der Waals surface area contributed by atoms with E-state index in [9.17, 15) is 0 Å². The first-order valence-corrected chi connectivity index (χ1v) is 37.8. The van der Waals surface area contributed by atoms with Crippen molar-refractivity contribution in [3.63, 3.8) is 0 Å². The molecule has 0 nitrogen and oxygen atoms in total. The molecule has 0 bridgehead atoms. The summed E-state index contributed by atoms with van der Waals surface area (Å²) in [4.78, 5) is 0. The molecule has 4 atom stereocenters. The molecule has 0 saturated heterocycles. The van der Waals surface area contributed by atoms with Gasteiger partial charge in [-0.3, -0.25) is 0 Å². The van der Waals surface area contributed by atoms with E-state index >= 15 is 0 Å². The van der Waals surface area contributed by atoms with Gasteiger partial charge in [-0.05, 0) is 0 Å². The Hall–Kier alpha value is -3.52. The zero-order valence-electron chi connectivity index (χ0n) is 35.4. The summed E-state index contributed by atoms with van der Waals surface area (Å²) in [6.07, 6.45) is 7.20. The van der Waals surface area contributed by atoms with Crippen molar-refractivity contribution in [3.8, 4) is 44.5 Å². The molecule has 0 aromatic heterocycles. The third-order valence-electron chi connectivity index (χ3n) is 14.0. The quantitative estimate of drug-likeness (QED) is 0.114. The predicted molar refractivity (Wildman–Crippen MR) is 255 cm³/mol. The fraction of sp³-hybridized carbons (Fsp3) is 0.259. The Morgan fingerprint density at radius 1 is 0.500 bits per heavy atom. The fourth-order valence-electron chi connectivity index (χ4n) is 10.3. The van der Waals surface area contributed by atoms with Crippen LogP contribution in [0.4, 0.5) is 0 Å². The molecule has 2 aliphatic rings. The molecule has 0 spiro atoms. The predicted octanol–water partition coefficient (Wildman–Crippen LogP) is 16.6. The van der Waals surface area contributed by atoms with Crippen molar-refractivity contribution in [1.82, 2.24) is 0 Å². The molecular formula is C54H57Cl2SiZr. The molecule has 6 aromatic rings. The van der Waals surface area contributed by atoms with E-state index in [2.05, 4.69) is 200 Å². The van der Waals surface area contributed by atoms with Crippen LogP contribution < -0.4 is 0 Å². The summed E-state index contributed by atoms with van der Waals surface area (Å²) in [6.45, 7) is 19.0. The number of allylic oxidation sites excluding steroid dienone is 2. The van der Waals surface area contributed by atoms with Crippen LogP contribution in [0.5, 0.6) is 0 Å². The second-order valence-corrected chi connectivity index (χ2v) is 60.0. The number of rotatable bonds is 11. The van der Waals surface area contributed by atoms with Crippen molar-refractivity contribution < 1.29 is 15.6 Å². The molecule has 0 fully saturated rings. The van der Waals surface area contributed by atoms with Gasteiger partial charge >= 0.3 is 360 Å². The summed E-state index contributed by atoms with van der Waals surface area (Å²) in [5, 5.41) is 0. The van der Waals surface area contributed by atoms with Gasteiger partial charge in [0.25, 0.3) is 0 Å². The van der Waals surface area contributed by atoms with Crippen molar-refractivity contribution in [2.45, 2.75) is 74.7 Å². The van der Waals surface area contributed by atoms with Crippen LogP contribution in [0.3, 0.4) is 0 Å². The van der Waals surface area contributed by atoms with Gasteiger partial charge in [0.15, 0.2) is 0 Å². The van der Waals surface area contributed by atoms with Gasteiger partial charge in [-0.25, -0.2) is 0 Å². The number of benzene rings is 6. The van der Waals surface area contributed by atoms with Crippen molar-refractivity contribution >= 4 is 35.1 Å². The molecule has 8 rings (SSSR count). The van der Waals surface area contributed by atoms with E-state index in [0.717, 1.165) is 12.8 Å². The number of halogens is 2. The van der Waals surface area contributed by atoms with E-state index < -0.39 is 21.5 Å². The van der Waals surface area contributed by atoms with Crippen LogP contribution in [-0.2, 0) is 15.6 Å². The first-order valence-electron chi connectivity index (χ1n) is 21.5. The summed E-state index contributed by atoms with van der Waals surface area (Å²) in [6, 6.07) is 49.3. The van der Waals surface area contributed by atoms with Gasteiger partial charge in [0, 0.05) is 0 Å². The zero-order chi connectivity index (χ0) is 41.0. The van der Waals surface area contributed by atoms with Crippen LogP contribution in [0, 0.1) is 25.7 Å². The average Bonchev–Trinajstić information content (AvgIpc) is 3.85. The molecule has 4 heteroatoms. The molecule has 0 amide bonds. The molecule has 0 N–H and O–H groups in total. The Bertz CT molecular complexity index is 2390. The first kappa shape index (κ1) is 41.2. The van der Waals surface area contributed by atoms with Crippen LogP contribution in [-0.4, -0.2) is 5.92 Å². The number of fused-ring (bicyclic) bond motifs is 2. The van der Waals surface area contributed by atoms with Crippen LogP contribution in [0.2, 0.25) is 13.1 Å². The summed E-state index contributed by atoms with van der Waals surface area (Å²) in [5.74, 6) is -1.14. The summed E-state index contributed by atoms with van der Waals surface area (Å²) in [7, 11) is 18.2. The van der Waals surface area contributed by atoms with Gasteiger partial charge in [0.2, 0.25) is 0 Å². The summed E-state index contributed by atoms with van der Waals surface area (Å²) < 4.78 is 0.0150. The molecule has 6 aromatic carbocycles. The van der Waals surface area contributed by atoms with E-state index in [1.165, 1.54) is 89.0 Å². The molecular weight excluding hydrogens is 839 g/mol. The molecule has 4 unspecified atom stereocenters. The van der Waals surface area contributed by atoms with E-state index in [1.54, 1.807) is 0 Å². The van der Waals surface area contributed by atoms with Crippen molar-refractivity contribution in [2.75, 3.05) is 0 Å². The van der Waals surface area contributed by atoms with E-state index in [0.29, 0.717) is 11.8 Å². The molecule has 0 heterocycles. The van der Waals surface area contributed by atoms with Gasteiger partial charge in [-0.15, -0.1) is 0 Å². The van der Waals surface area contributed by atoms with Crippen LogP contribution in [0.1, 0.15) is 81.2 Å². The summed E-state index contributed by atoms with van der Waals surface area (Å²) in [5.41, 5.74) is 20.9. The second kappa shape index (κ2) is 16.2. The standard InChI is InChI=1S/2C26H25.C2H7Si.2ClH.Zr/c2*1-4-18(2)22-16-21-14-15-24(20-11-6-5-7-12-20)26(25(21)17-22)23-13-9-8-10-19(23)3;1-3-2;;;/h2*5-18H,4H2,1-3H3;3H,1-2H3;2*1H;/q;;;;;+2/p-2. The van der Waals surface area contributed by atoms with Gasteiger partial charge in [0.1, 0.15) is 0 Å². The molecule has 0 aliphatic heterocycles. The second-order valence-electron chi connectivity index (χ2n) is 17.5. The van der Waals surface area contributed by atoms with Gasteiger partial charge in [-0.1, -0.05) is 0 Å². The monoisotopic (exact) mass is 893 g/mol. The van der Waals surface area contributed by atoms with Gasteiger partial charge < -0.3 is 0 Å². The Kier molecular flexibility index (Phi) is 11.5. The van der Waals surface area contributed by atoms with Crippen LogP contribution >= 0.6 is 17.0 Å². The van der Waals surface area contributed by atoms with Crippen molar-refractivity contribution in [1.29, 1.82) is 0 Å². The van der Waals surface area contributed by atoms with Crippen LogP contribution in [0.15, 0.2) is 145 Å². The van der Waals surface area contributed by atoms with E-state index in [-0.39, 0.29) is 7.25 Å². The maximum atomic E-state index is 9.12. The molecule has 295 valence electrons. The van der Waals surface area contributed by atoms with E-state index in [1.807, 2.05) is 0 Å². The Morgan fingerprint density at radius 3 is 1.21 bits per heavy atom. The Labute approximate surface area is 356 Å². The third-order valence-corrected chi connectivity index (χ3v) is 65.7. The normalized spacial score (nSPS) is 17.9. The Morgan fingerprint density at radius 2 is 0.862 bits per heavy atom. The average molecular weight is 896 g/mol. The van der Waals surface area contributed by atoms with Gasteiger partial charge in [0.05, 0.1) is 0 Å². The topological polar surface area (TPSA) is 0 Å². The number of hydrogen-bond donors (Lipinski definition) is 0. The molecule has 0 radical (unpaired) electrons. The SMILES string of the molecule is CCC(C)C1=Cc2c(ccc(-c3ccccc3)c2-c2ccccc2C)[CH]1[Zr]([Cl])([Cl])([CH]1C(C(C)CC)=Cc2c1ccc(-c1ccccc1)c2-c1ccccc1C)[SiH](C)C.